The zero-order valence-electron chi connectivity index (χ0n) is 13.2. The molecule has 0 aliphatic heterocycles. The Morgan fingerprint density at radius 2 is 1.96 bits per heavy atom. The maximum absolute atomic E-state index is 5.74. The van der Waals surface area contributed by atoms with E-state index in [1.165, 1.54) is 11.1 Å². The number of hydrogen-bond donors (Lipinski definition) is 0. The highest BCUT2D eigenvalue weighted by atomic mass is 16.4. The van der Waals surface area contributed by atoms with Crippen molar-refractivity contribution >= 4 is 11.0 Å². The van der Waals surface area contributed by atoms with Crippen molar-refractivity contribution in [1.82, 2.24) is 20.0 Å². The van der Waals surface area contributed by atoms with Crippen molar-refractivity contribution in [3.05, 3.63) is 53.4 Å². The standard InChI is InChI=1S/C17H16N4O2/c1-10-4-14-12(9-22-15(14)5-11(10)2)6-16-19-20-17(23-16)13-7-18-21(3)8-13/h4-5,7-9H,6H2,1-3H3. The molecule has 116 valence electrons. The summed E-state index contributed by atoms with van der Waals surface area (Å²) in [4.78, 5) is 0. The number of benzene rings is 1. The molecule has 0 unspecified atom stereocenters. The number of fused-ring (bicyclic) bond motifs is 1. The molecule has 0 atom stereocenters. The van der Waals surface area contributed by atoms with Crippen LogP contribution in [-0.2, 0) is 13.5 Å². The zero-order chi connectivity index (χ0) is 16.0. The molecule has 3 aromatic heterocycles. The number of aryl methyl sites for hydroxylation is 3. The molecule has 0 amide bonds. The first-order valence-corrected chi connectivity index (χ1v) is 7.39. The summed E-state index contributed by atoms with van der Waals surface area (Å²) in [6.45, 7) is 4.17. The Balaban J connectivity index is 1.66. The molecule has 0 aliphatic rings. The van der Waals surface area contributed by atoms with Gasteiger partial charge >= 0.3 is 0 Å². The lowest BCUT2D eigenvalue weighted by Crippen LogP contribution is -1.88. The topological polar surface area (TPSA) is 69.9 Å². The fourth-order valence-corrected chi connectivity index (χ4v) is 2.61. The van der Waals surface area contributed by atoms with E-state index in [9.17, 15) is 0 Å². The van der Waals surface area contributed by atoms with Crippen LogP contribution >= 0.6 is 0 Å². The van der Waals surface area contributed by atoms with Gasteiger partial charge in [0.05, 0.1) is 24.4 Å². The maximum Gasteiger partial charge on any atom is 0.250 e. The van der Waals surface area contributed by atoms with E-state index in [1.807, 2.05) is 13.2 Å². The van der Waals surface area contributed by atoms with Gasteiger partial charge in [0.2, 0.25) is 5.89 Å². The molecule has 0 radical (unpaired) electrons. The van der Waals surface area contributed by atoms with Gasteiger partial charge in [0.15, 0.2) is 0 Å². The summed E-state index contributed by atoms with van der Waals surface area (Å²) >= 11 is 0. The van der Waals surface area contributed by atoms with Gasteiger partial charge in [0.25, 0.3) is 5.89 Å². The number of nitrogens with zero attached hydrogens (tertiary/aromatic N) is 4. The van der Waals surface area contributed by atoms with Gasteiger partial charge in [0.1, 0.15) is 5.58 Å². The Morgan fingerprint density at radius 1 is 1.13 bits per heavy atom. The lowest BCUT2D eigenvalue weighted by Gasteiger charge is -2.00. The lowest BCUT2D eigenvalue weighted by molar-refractivity contribution is 0.516. The quantitative estimate of drug-likeness (QED) is 0.580. The van der Waals surface area contributed by atoms with Crippen molar-refractivity contribution in [2.24, 2.45) is 7.05 Å². The Hall–Kier alpha value is -2.89. The van der Waals surface area contributed by atoms with Crippen LogP contribution in [0.25, 0.3) is 22.4 Å². The molecular weight excluding hydrogens is 292 g/mol. The average Bonchev–Trinajstić information content (AvgIpc) is 3.22. The van der Waals surface area contributed by atoms with E-state index in [1.54, 1.807) is 17.1 Å². The summed E-state index contributed by atoms with van der Waals surface area (Å²) in [7, 11) is 1.85. The van der Waals surface area contributed by atoms with Crippen molar-refractivity contribution in [3.63, 3.8) is 0 Å². The highest BCUT2D eigenvalue weighted by Crippen LogP contribution is 2.27. The molecule has 3 heterocycles. The number of aromatic nitrogens is 4. The molecule has 0 N–H and O–H groups in total. The summed E-state index contributed by atoms with van der Waals surface area (Å²) in [5.74, 6) is 1.04. The smallest absolute Gasteiger partial charge is 0.250 e. The van der Waals surface area contributed by atoms with E-state index < -0.39 is 0 Å². The fourth-order valence-electron chi connectivity index (χ4n) is 2.61. The van der Waals surface area contributed by atoms with Gasteiger partial charge in [-0.3, -0.25) is 4.68 Å². The van der Waals surface area contributed by atoms with Crippen LogP contribution in [0, 0.1) is 13.8 Å². The van der Waals surface area contributed by atoms with Crippen molar-refractivity contribution in [3.8, 4) is 11.5 Å². The van der Waals surface area contributed by atoms with Crippen LogP contribution < -0.4 is 0 Å². The van der Waals surface area contributed by atoms with E-state index in [0.29, 0.717) is 18.2 Å². The van der Waals surface area contributed by atoms with Crippen LogP contribution in [0.5, 0.6) is 0 Å². The van der Waals surface area contributed by atoms with E-state index in [4.69, 9.17) is 8.83 Å². The van der Waals surface area contributed by atoms with Crippen molar-refractivity contribution in [2.75, 3.05) is 0 Å². The molecule has 0 aliphatic carbocycles. The van der Waals surface area contributed by atoms with Gasteiger partial charge in [-0.05, 0) is 37.1 Å². The fraction of sp³-hybridized carbons (Fsp3) is 0.235. The normalized spacial score (nSPS) is 11.4. The van der Waals surface area contributed by atoms with E-state index in [2.05, 4.69) is 41.3 Å². The number of furan rings is 1. The second-order valence-electron chi connectivity index (χ2n) is 5.77. The average molecular weight is 308 g/mol. The van der Waals surface area contributed by atoms with Crippen LogP contribution in [0.4, 0.5) is 0 Å². The molecule has 6 heteroatoms. The molecule has 0 spiro atoms. The first-order chi connectivity index (χ1) is 11.1. The molecule has 1 aromatic carbocycles. The Labute approximate surface area is 132 Å². The highest BCUT2D eigenvalue weighted by molar-refractivity contribution is 5.82. The van der Waals surface area contributed by atoms with Gasteiger partial charge in [-0.25, -0.2) is 0 Å². The van der Waals surface area contributed by atoms with E-state index in [0.717, 1.165) is 22.1 Å². The second-order valence-corrected chi connectivity index (χ2v) is 5.77. The van der Waals surface area contributed by atoms with Gasteiger partial charge in [-0.2, -0.15) is 5.10 Å². The third kappa shape index (κ3) is 2.42. The van der Waals surface area contributed by atoms with Gasteiger partial charge in [-0.15, -0.1) is 10.2 Å². The van der Waals surface area contributed by atoms with Crippen LogP contribution in [0.1, 0.15) is 22.6 Å². The summed E-state index contributed by atoms with van der Waals surface area (Å²) < 4.78 is 13.1. The van der Waals surface area contributed by atoms with Crippen molar-refractivity contribution in [2.45, 2.75) is 20.3 Å². The largest absolute Gasteiger partial charge is 0.464 e. The SMILES string of the molecule is Cc1cc2occ(Cc3nnc(-c4cnn(C)c4)o3)c2cc1C. The lowest BCUT2D eigenvalue weighted by atomic mass is 10.0. The molecular formula is C17H16N4O2. The molecule has 0 fully saturated rings. The van der Waals surface area contributed by atoms with Crippen LogP contribution in [0.3, 0.4) is 0 Å². The Kier molecular flexibility index (Phi) is 3.04. The minimum Gasteiger partial charge on any atom is -0.464 e. The summed E-state index contributed by atoms with van der Waals surface area (Å²) in [6, 6.07) is 4.20. The predicted molar refractivity (Wildman–Crippen MR) is 85.0 cm³/mol. The Morgan fingerprint density at radius 3 is 2.74 bits per heavy atom. The molecule has 4 rings (SSSR count). The van der Waals surface area contributed by atoms with Gasteiger partial charge in [0, 0.05) is 24.2 Å². The van der Waals surface area contributed by atoms with Crippen LogP contribution in [-0.4, -0.2) is 20.0 Å². The number of hydrogen-bond acceptors (Lipinski definition) is 5. The molecule has 4 aromatic rings. The molecule has 0 saturated carbocycles. The number of rotatable bonds is 3. The van der Waals surface area contributed by atoms with E-state index in [-0.39, 0.29) is 0 Å². The first-order valence-electron chi connectivity index (χ1n) is 7.39. The Bertz CT molecular complexity index is 993. The highest BCUT2D eigenvalue weighted by Gasteiger charge is 2.14. The molecule has 0 bridgehead atoms. The van der Waals surface area contributed by atoms with Gasteiger partial charge in [-0.1, -0.05) is 0 Å². The van der Waals surface area contributed by atoms with Crippen LogP contribution in [0.2, 0.25) is 0 Å². The third-order valence-corrected chi connectivity index (χ3v) is 4.03. The summed E-state index contributed by atoms with van der Waals surface area (Å²) in [5, 5.41) is 13.4. The first kappa shape index (κ1) is 13.8. The molecule has 23 heavy (non-hydrogen) atoms. The second kappa shape index (κ2) is 5.08. The summed E-state index contributed by atoms with van der Waals surface area (Å²) in [6.07, 6.45) is 5.85. The predicted octanol–water partition coefficient (Wildman–Crippen LogP) is 3.42. The minimum atomic E-state index is 0.480. The maximum atomic E-state index is 5.74. The van der Waals surface area contributed by atoms with Crippen LogP contribution in [0.15, 0.2) is 39.6 Å². The minimum absolute atomic E-state index is 0.480. The zero-order valence-corrected chi connectivity index (χ0v) is 13.2. The monoisotopic (exact) mass is 308 g/mol. The molecule has 0 saturated heterocycles. The third-order valence-electron chi connectivity index (χ3n) is 4.03. The van der Waals surface area contributed by atoms with Gasteiger partial charge < -0.3 is 8.83 Å². The van der Waals surface area contributed by atoms with Crippen molar-refractivity contribution < 1.29 is 8.83 Å². The van der Waals surface area contributed by atoms with Crippen molar-refractivity contribution in [1.29, 1.82) is 0 Å². The molecule has 6 nitrogen and oxygen atoms in total. The van der Waals surface area contributed by atoms with E-state index >= 15 is 0 Å². The summed E-state index contributed by atoms with van der Waals surface area (Å²) in [5.41, 5.74) is 5.20.